The Bertz CT molecular complexity index is 454. The summed E-state index contributed by atoms with van der Waals surface area (Å²) in [5.74, 6) is 0.541. The fourth-order valence-electron chi connectivity index (χ4n) is 1.18. The molecule has 5 nitrogen and oxygen atoms in total. The topological polar surface area (TPSA) is 63.0 Å². The van der Waals surface area contributed by atoms with E-state index < -0.39 is 0 Å². The van der Waals surface area contributed by atoms with E-state index in [1.54, 1.807) is 12.1 Å². The molecule has 0 aliphatic carbocycles. The van der Waals surface area contributed by atoms with Gasteiger partial charge in [-0.15, -0.1) is 5.10 Å². The number of aromatic nitrogens is 2. The third-order valence-electron chi connectivity index (χ3n) is 1.89. The van der Waals surface area contributed by atoms with Crippen molar-refractivity contribution in [1.82, 2.24) is 15.5 Å². The van der Waals surface area contributed by atoms with Gasteiger partial charge in [-0.2, -0.15) is 0 Å². The molecule has 0 fully saturated rings. The average molecular weight is 239 g/mol. The fraction of sp³-hybridized carbons (Fsp3) is 0.200. The Labute approximate surface area is 97.8 Å². The molecule has 1 heterocycles. The lowest BCUT2D eigenvalue weighted by molar-refractivity contribution is 0.493. The van der Waals surface area contributed by atoms with Crippen molar-refractivity contribution in [3.63, 3.8) is 0 Å². The van der Waals surface area contributed by atoms with Crippen LogP contribution in [0.1, 0.15) is 5.89 Å². The SMILES string of the molecule is CNCc1nnc(Nc2ccc(Cl)cc2)o1. The maximum absolute atomic E-state index is 5.77. The zero-order valence-electron chi connectivity index (χ0n) is 8.70. The monoisotopic (exact) mass is 238 g/mol. The molecule has 0 saturated carbocycles. The highest BCUT2D eigenvalue weighted by atomic mass is 35.5. The van der Waals surface area contributed by atoms with E-state index in [1.807, 2.05) is 19.2 Å². The number of halogens is 1. The molecule has 0 unspecified atom stereocenters. The van der Waals surface area contributed by atoms with E-state index in [0.29, 0.717) is 23.5 Å². The van der Waals surface area contributed by atoms with Gasteiger partial charge in [-0.1, -0.05) is 16.7 Å². The van der Waals surface area contributed by atoms with Crippen molar-refractivity contribution in [2.24, 2.45) is 0 Å². The van der Waals surface area contributed by atoms with Crippen LogP contribution in [0.15, 0.2) is 28.7 Å². The van der Waals surface area contributed by atoms with Crippen LogP contribution in [0.5, 0.6) is 0 Å². The summed E-state index contributed by atoms with van der Waals surface area (Å²) in [4.78, 5) is 0. The van der Waals surface area contributed by atoms with Gasteiger partial charge in [-0.05, 0) is 31.3 Å². The molecule has 1 aromatic carbocycles. The molecule has 0 saturated heterocycles. The van der Waals surface area contributed by atoms with E-state index >= 15 is 0 Å². The van der Waals surface area contributed by atoms with Crippen LogP contribution in [0.25, 0.3) is 0 Å². The molecule has 0 aliphatic rings. The third-order valence-corrected chi connectivity index (χ3v) is 2.14. The lowest BCUT2D eigenvalue weighted by Gasteiger charge is -2.00. The van der Waals surface area contributed by atoms with Gasteiger partial charge in [0.05, 0.1) is 6.54 Å². The molecule has 2 rings (SSSR count). The first kappa shape index (κ1) is 10.9. The molecule has 0 amide bonds. The second kappa shape index (κ2) is 4.96. The Hall–Kier alpha value is -1.59. The van der Waals surface area contributed by atoms with Crippen LogP contribution in [-0.2, 0) is 6.54 Å². The maximum atomic E-state index is 5.77. The predicted molar refractivity (Wildman–Crippen MR) is 61.8 cm³/mol. The molecule has 0 radical (unpaired) electrons. The summed E-state index contributed by atoms with van der Waals surface area (Å²) in [5, 5.41) is 14.3. The van der Waals surface area contributed by atoms with Crippen molar-refractivity contribution in [3.8, 4) is 0 Å². The summed E-state index contributed by atoms with van der Waals surface area (Å²) in [6.45, 7) is 0.551. The quantitative estimate of drug-likeness (QED) is 0.855. The average Bonchev–Trinajstić information content (AvgIpc) is 2.70. The molecule has 6 heteroatoms. The van der Waals surface area contributed by atoms with Crippen LogP contribution < -0.4 is 10.6 Å². The van der Waals surface area contributed by atoms with E-state index in [1.165, 1.54) is 0 Å². The van der Waals surface area contributed by atoms with Crippen molar-refractivity contribution in [2.45, 2.75) is 6.54 Å². The smallest absolute Gasteiger partial charge is 0.320 e. The van der Waals surface area contributed by atoms with Crippen molar-refractivity contribution >= 4 is 23.3 Å². The van der Waals surface area contributed by atoms with Crippen molar-refractivity contribution in [3.05, 3.63) is 35.2 Å². The third kappa shape index (κ3) is 2.71. The fourth-order valence-corrected chi connectivity index (χ4v) is 1.31. The number of nitrogens with one attached hydrogen (secondary N) is 2. The minimum atomic E-state index is 0.368. The second-order valence-electron chi connectivity index (χ2n) is 3.16. The Kier molecular flexibility index (Phi) is 3.38. The van der Waals surface area contributed by atoms with E-state index in [0.717, 1.165) is 5.69 Å². The highest BCUT2D eigenvalue weighted by molar-refractivity contribution is 6.30. The van der Waals surface area contributed by atoms with Crippen LogP contribution >= 0.6 is 11.6 Å². The lowest BCUT2D eigenvalue weighted by atomic mass is 10.3. The summed E-state index contributed by atoms with van der Waals surface area (Å²) >= 11 is 5.77. The molecule has 16 heavy (non-hydrogen) atoms. The van der Waals surface area contributed by atoms with Gasteiger partial charge in [-0.3, -0.25) is 0 Å². The van der Waals surface area contributed by atoms with Crippen molar-refractivity contribution in [1.29, 1.82) is 0 Å². The summed E-state index contributed by atoms with van der Waals surface area (Å²) in [7, 11) is 1.82. The van der Waals surface area contributed by atoms with Crippen LogP contribution in [0.4, 0.5) is 11.7 Å². The van der Waals surface area contributed by atoms with Gasteiger partial charge in [0.1, 0.15) is 0 Å². The molecule has 2 N–H and O–H groups in total. The standard InChI is InChI=1S/C10H11ClN4O/c1-12-6-9-14-15-10(16-9)13-8-4-2-7(11)3-5-8/h2-5,12H,6H2,1H3,(H,13,15). The molecule has 84 valence electrons. The van der Waals surface area contributed by atoms with Gasteiger partial charge in [0, 0.05) is 10.7 Å². The number of hydrogen-bond donors (Lipinski definition) is 2. The zero-order valence-corrected chi connectivity index (χ0v) is 9.45. The largest absolute Gasteiger partial charge is 0.406 e. The highest BCUT2D eigenvalue weighted by Gasteiger charge is 2.04. The Balaban J connectivity index is 2.05. The summed E-state index contributed by atoms with van der Waals surface area (Å²) in [6, 6.07) is 7.62. The number of rotatable bonds is 4. The minimum Gasteiger partial charge on any atom is -0.406 e. The number of hydrogen-bond acceptors (Lipinski definition) is 5. The van der Waals surface area contributed by atoms with Gasteiger partial charge in [0.2, 0.25) is 5.89 Å². The van der Waals surface area contributed by atoms with Crippen molar-refractivity contribution in [2.75, 3.05) is 12.4 Å². The van der Waals surface area contributed by atoms with E-state index in [2.05, 4.69) is 20.8 Å². The normalized spacial score (nSPS) is 10.4. The summed E-state index contributed by atoms with van der Waals surface area (Å²) in [5.41, 5.74) is 0.851. The van der Waals surface area contributed by atoms with Gasteiger partial charge in [0.15, 0.2) is 0 Å². The van der Waals surface area contributed by atoms with E-state index in [9.17, 15) is 0 Å². The number of benzene rings is 1. The van der Waals surface area contributed by atoms with Gasteiger partial charge < -0.3 is 15.1 Å². The molecule has 0 bridgehead atoms. The minimum absolute atomic E-state index is 0.368. The van der Waals surface area contributed by atoms with Gasteiger partial charge in [-0.25, -0.2) is 0 Å². The first-order valence-electron chi connectivity index (χ1n) is 4.77. The predicted octanol–water partition coefficient (Wildman–Crippen LogP) is 2.19. The van der Waals surface area contributed by atoms with Crippen LogP contribution in [0, 0.1) is 0 Å². The first-order chi connectivity index (χ1) is 7.78. The molecule has 0 atom stereocenters. The molecule has 0 aliphatic heterocycles. The van der Waals surface area contributed by atoms with Crippen LogP contribution in [0.3, 0.4) is 0 Å². The summed E-state index contributed by atoms with van der Waals surface area (Å²) < 4.78 is 5.33. The van der Waals surface area contributed by atoms with Gasteiger partial charge in [0.25, 0.3) is 0 Å². The van der Waals surface area contributed by atoms with Crippen LogP contribution in [0.2, 0.25) is 5.02 Å². The van der Waals surface area contributed by atoms with Crippen LogP contribution in [-0.4, -0.2) is 17.2 Å². The molecule has 1 aromatic heterocycles. The second-order valence-corrected chi connectivity index (χ2v) is 3.60. The van der Waals surface area contributed by atoms with E-state index in [-0.39, 0.29) is 0 Å². The van der Waals surface area contributed by atoms with Crippen molar-refractivity contribution < 1.29 is 4.42 Å². The highest BCUT2D eigenvalue weighted by Crippen LogP contribution is 2.17. The number of anilines is 2. The Morgan fingerprint density at radius 3 is 2.69 bits per heavy atom. The Morgan fingerprint density at radius 1 is 1.25 bits per heavy atom. The summed E-state index contributed by atoms with van der Waals surface area (Å²) in [6.07, 6.45) is 0. The number of nitrogens with zero attached hydrogens (tertiary/aromatic N) is 2. The molecule has 2 aromatic rings. The Morgan fingerprint density at radius 2 is 2.00 bits per heavy atom. The lowest BCUT2D eigenvalue weighted by Crippen LogP contribution is -2.04. The zero-order chi connectivity index (χ0) is 11.4. The van der Waals surface area contributed by atoms with E-state index in [4.69, 9.17) is 16.0 Å². The van der Waals surface area contributed by atoms with Gasteiger partial charge >= 0.3 is 6.01 Å². The molecular weight excluding hydrogens is 228 g/mol. The molecule has 0 spiro atoms. The molecular formula is C10H11ClN4O. The first-order valence-corrected chi connectivity index (χ1v) is 5.15. The maximum Gasteiger partial charge on any atom is 0.320 e.